The van der Waals surface area contributed by atoms with Gasteiger partial charge in [-0.1, -0.05) is 97.4 Å². The molecule has 0 aromatic heterocycles. The lowest BCUT2D eigenvalue weighted by atomic mass is 9.81. The van der Waals surface area contributed by atoms with Crippen LogP contribution in [0.3, 0.4) is 0 Å². The lowest BCUT2D eigenvalue weighted by molar-refractivity contribution is 0.197. The maximum Gasteiger partial charge on any atom is 0.326 e. The SMILES string of the molecule is C.CC.CC(C)C.CC(C)C1=C(C(C)C)C(C(C)C)=C(C(C)C)N(C(C)C)C(=O)N1. The molecule has 1 aliphatic heterocycles. The fraction of sp³-hybridized carbons (Fsp3) is 0.815. The molecule has 1 N–H and O–H groups in total. The zero-order valence-corrected chi connectivity index (χ0v) is 22.3. The van der Waals surface area contributed by atoms with Gasteiger partial charge in [0.25, 0.3) is 0 Å². The van der Waals surface area contributed by atoms with Crippen LogP contribution in [0.5, 0.6) is 0 Å². The van der Waals surface area contributed by atoms with Crippen LogP contribution in [0, 0.1) is 29.6 Å². The highest BCUT2D eigenvalue weighted by atomic mass is 16.2. The van der Waals surface area contributed by atoms with E-state index in [4.69, 9.17) is 0 Å². The molecule has 30 heavy (non-hydrogen) atoms. The highest BCUT2D eigenvalue weighted by molar-refractivity contribution is 5.80. The van der Waals surface area contributed by atoms with Crippen LogP contribution < -0.4 is 5.32 Å². The van der Waals surface area contributed by atoms with Gasteiger partial charge < -0.3 is 5.32 Å². The Balaban J connectivity index is -0.000000928. The number of nitrogens with zero attached hydrogens (tertiary/aromatic N) is 1. The molecule has 1 heterocycles. The Morgan fingerprint density at radius 2 is 1.00 bits per heavy atom. The standard InChI is InChI=1S/C20H36N2O.C4H10.C2H6.CH4/c1-11(2)16-17(12(3)4)19(14(7)8)22(15(9)10)20(23)21-18(16)13(5)6;1-4(2)3;1-2;/h11-15H,1-10H3,(H,21,23);4H,1-3H3;1-2H3;1H4. The van der Waals surface area contributed by atoms with Crippen LogP contribution in [0.1, 0.15) is 111 Å². The van der Waals surface area contributed by atoms with Gasteiger partial charge in [-0.2, -0.15) is 0 Å². The molecule has 0 bridgehead atoms. The van der Waals surface area contributed by atoms with Crippen molar-refractivity contribution >= 4 is 6.03 Å². The van der Waals surface area contributed by atoms with Crippen LogP contribution in [0.25, 0.3) is 0 Å². The number of hydrogen-bond donors (Lipinski definition) is 1. The van der Waals surface area contributed by atoms with Gasteiger partial charge in [0.15, 0.2) is 0 Å². The van der Waals surface area contributed by atoms with E-state index in [9.17, 15) is 4.79 Å². The molecule has 0 saturated heterocycles. The molecule has 0 aromatic carbocycles. The van der Waals surface area contributed by atoms with Gasteiger partial charge in [-0.3, -0.25) is 4.90 Å². The van der Waals surface area contributed by atoms with Gasteiger partial charge in [0.2, 0.25) is 0 Å². The molecule has 0 radical (unpaired) electrons. The molecule has 0 aromatic rings. The van der Waals surface area contributed by atoms with E-state index in [1.165, 1.54) is 16.8 Å². The summed E-state index contributed by atoms with van der Waals surface area (Å²) in [6.45, 7) is 32.3. The molecular formula is C27H56N2O. The van der Waals surface area contributed by atoms with Gasteiger partial charge in [0.05, 0.1) is 0 Å². The van der Waals surface area contributed by atoms with Gasteiger partial charge in [0, 0.05) is 17.4 Å². The number of carbonyl (C=O) groups is 1. The monoisotopic (exact) mass is 424 g/mol. The lowest BCUT2D eigenvalue weighted by Crippen LogP contribution is -2.44. The summed E-state index contributed by atoms with van der Waals surface area (Å²) in [5, 5.41) is 3.24. The second-order valence-corrected chi connectivity index (χ2v) is 9.87. The quantitative estimate of drug-likeness (QED) is 0.469. The first-order valence-electron chi connectivity index (χ1n) is 11.8. The molecule has 0 saturated carbocycles. The van der Waals surface area contributed by atoms with E-state index >= 15 is 0 Å². The topological polar surface area (TPSA) is 32.3 Å². The Morgan fingerprint density at radius 1 is 0.633 bits per heavy atom. The molecule has 0 aliphatic carbocycles. The first kappa shape index (κ1) is 33.4. The lowest BCUT2D eigenvalue weighted by Gasteiger charge is -2.33. The third-order valence-corrected chi connectivity index (χ3v) is 4.37. The Kier molecular flexibility index (Phi) is 17.3. The van der Waals surface area contributed by atoms with Crippen molar-refractivity contribution in [1.82, 2.24) is 10.2 Å². The van der Waals surface area contributed by atoms with Crippen LogP contribution in [0.4, 0.5) is 4.79 Å². The van der Waals surface area contributed by atoms with E-state index in [-0.39, 0.29) is 19.5 Å². The van der Waals surface area contributed by atoms with E-state index in [1.54, 1.807) is 0 Å². The summed E-state index contributed by atoms with van der Waals surface area (Å²) in [5.74, 6) is 2.20. The molecule has 1 aliphatic rings. The number of hydrogen-bond acceptors (Lipinski definition) is 1. The van der Waals surface area contributed by atoms with Crippen molar-refractivity contribution in [2.75, 3.05) is 0 Å². The fourth-order valence-electron chi connectivity index (χ4n) is 3.55. The molecular weight excluding hydrogens is 368 g/mol. The first-order valence-corrected chi connectivity index (χ1v) is 11.8. The van der Waals surface area contributed by atoms with E-state index < -0.39 is 0 Å². The summed E-state index contributed by atoms with van der Waals surface area (Å²) in [5.41, 5.74) is 4.96. The summed E-state index contributed by atoms with van der Waals surface area (Å²) in [6, 6.07) is 0.155. The first-order chi connectivity index (χ1) is 13.2. The van der Waals surface area contributed by atoms with Crippen LogP contribution in [0.15, 0.2) is 22.5 Å². The van der Waals surface area contributed by atoms with Gasteiger partial charge in [0.1, 0.15) is 0 Å². The summed E-state index contributed by atoms with van der Waals surface area (Å²) >= 11 is 0. The molecule has 3 heteroatoms. The normalized spacial score (nSPS) is 14.7. The highest BCUT2D eigenvalue weighted by Gasteiger charge is 2.34. The fourth-order valence-corrected chi connectivity index (χ4v) is 3.55. The summed E-state index contributed by atoms with van der Waals surface area (Å²) in [6.07, 6.45) is 0. The summed E-state index contributed by atoms with van der Waals surface area (Å²) in [4.78, 5) is 14.9. The molecule has 3 nitrogen and oxygen atoms in total. The van der Waals surface area contributed by atoms with Gasteiger partial charge in [-0.15, -0.1) is 0 Å². The van der Waals surface area contributed by atoms with Crippen LogP contribution in [0.2, 0.25) is 0 Å². The van der Waals surface area contributed by atoms with Crippen molar-refractivity contribution in [3.05, 3.63) is 22.5 Å². The van der Waals surface area contributed by atoms with Crippen molar-refractivity contribution in [2.45, 2.75) is 117 Å². The number of rotatable bonds is 5. The number of urea groups is 1. The molecule has 180 valence electrons. The minimum Gasteiger partial charge on any atom is -0.311 e. The second-order valence-electron chi connectivity index (χ2n) is 9.87. The minimum atomic E-state index is 0. The van der Waals surface area contributed by atoms with Crippen molar-refractivity contribution in [1.29, 1.82) is 0 Å². The average Bonchev–Trinajstić information content (AvgIpc) is 2.70. The van der Waals surface area contributed by atoms with Crippen LogP contribution >= 0.6 is 0 Å². The number of carbonyl (C=O) groups excluding carboxylic acids is 1. The molecule has 0 fully saturated rings. The third kappa shape index (κ3) is 9.71. The maximum atomic E-state index is 13.0. The Hall–Kier alpha value is -1.25. The molecule has 0 atom stereocenters. The summed E-state index contributed by atoms with van der Waals surface area (Å²) in [7, 11) is 0. The maximum absolute atomic E-state index is 13.0. The average molecular weight is 425 g/mol. The van der Waals surface area contributed by atoms with E-state index in [1.807, 2.05) is 18.7 Å². The Morgan fingerprint density at radius 3 is 1.23 bits per heavy atom. The zero-order chi connectivity index (χ0) is 23.6. The molecule has 2 amide bonds. The Bertz CT molecular complexity index is 546. The van der Waals surface area contributed by atoms with E-state index in [0.717, 1.165) is 11.6 Å². The van der Waals surface area contributed by atoms with Crippen LogP contribution in [-0.2, 0) is 0 Å². The van der Waals surface area contributed by atoms with E-state index in [0.29, 0.717) is 23.7 Å². The number of allylic oxidation sites excluding steroid dienone is 4. The molecule has 0 unspecified atom stereocenters. The van der Waals surface area contributed by atoms with Crippen LogP contribution in [-0.4, -0.2) is 17.0 Å². The second kappa shape index (κ2) is 15.5. The van der Waals surface area contributed by atoms with Gasteiger partial charge >= 0.3 is 6.03 Å². The summed E-state index contributed by atoms with van der Waals surface area (Å²) < 4.78 is 0. The Labute approximate surface area is 190 Å². The van der Waals surface area contributed by atoms with E-state index in [2.05, 4.69) is 95.3 Å². The highest BCUT2D eigenvalue weighted by Crippen LogP contribution is 2.39. The molecule has 1 rings (SSSR count). The van der Waals surface area contributed by atoms with Gasteiger partial charge in [-0.25, -0.2) is 4.79 Å². The van der Waals surface area contributed by atoms with Crippen molar-refractivity contribution in [3.63, 3.8) is 0 Å². The third-order valence-electron chi connectivity index (χ3n) is 4.37. The van der Waals surface area contributed by atoms with Gasteiger partial charge in [-0.05, 0) is 54.6 Å². The number of amides is 2. The molecule has 0 spiro atoms. The zero-order valence-electron chi connectivity index (χ0n) is 22.3. The largest absolute Gasteiger partial charge is 0.326 e. The smallest absolute Gasteiger partial charge is 0.311 e. The van der Waals surface area contributed by atoms with Crippen molar-refractivity contribution in [3.8, 4) is 0 Å². The predicted octanol–water partition coefficient (Wildman–Crippen LogP) is 8.88. The predicted molar refractivity (Wildman–Crippen MR) is 138 cm³/mol. The number of nitrogens with one attached hydrogen (secondary N) is 1. The van der Waals surface area contributed by atoms with Crippen molar-refractivity contribution in [2.24, 2.45) is 29.6 Å². The minimum absolute atomic E-state index is 0. The van der Waals surface area contributed by atoms with Crippen molar-refractivity contribution < 1.29 is 4.79 Å².